The molecule has 6 rings (SSSR count). The number of hydrogen-bond donors (Lipinski definition) is 0. The topological polar surface area (TPSA) is 289 Å². The van der Waals surface area contributed by atoms with Gasteiger partial charge < -0.3 is 50.0 Å². The fourth-order valence-electron chi connectivity index (χ4n) is 11.6. The second kappa shape index (κ2) is 55.9. The van der Waals surface area contributed by atoms with Crippen molar-refractivity contribution in [3.63, 3.8) is 0 Å². The van der Waals surface area contributed by atoms with Crippen LogP contribution in [-0.4, -0.2) is 119 Å². The Morgan fingerprint density at radius 3 is 1.08 bits per heavy atom. The summed E-state index contributed by atoms with van der Waals surface area (Å²) in [4.78, 5) is 77.9. The third-order valence-corrected chi connectivity index (χ3v) is 20.8. The van der Waals surface area contributed by atoms with Crippen molar-refractivity contribution >= 4 is 145 Å². The summed E-state index contributed by atoms with van der Waals surface area (Å²) in [6.45, 7) is 11.2. The zero-order valence-electron chi connectivity index (χ0n) is 53.9. The predicted molar refractivity (Wildman–Crippen MR) is 383 cm³/mol. The smallest absolute Gasteiger partial charge is 0.548 e. The van der Waals surface area contributed by atoms with Gasteiger partial charge in [-0.1, -0.05) is 174 Å². The minimum absolute atomic E-state index is 0. The first-order chi connectivity index (χ1) is 37.2. The van der Waals surface area contributed by atoms with E-state index in [4.69, 9.17) is 18.5 Å². The number of carbonyl (C=O) groups is 6. The van der Waals surface area contributed by atoms with Gasteiger partial charge in [-0.15, -0.1) is 0 Å². The normalized spacial score (nSPS) is 19.4. The second-order valence-electron chi connectivity index (χ2n) is 23.0. The number of ether oxygens (including phenoxy) is 2. The van der Waals surface area contributed by atoms with E-state index in [9.17, 15) is 48.1 Å². The molecule has 8 atom stereocenters. The average Bonchev–Trinajstić information content (AvgIpc) is 4.13. The number of carboxylic acids is 2. The molecule has 2 aliphatic carbocycles. The number of likely N-dealkylation sites (tertiary alicyclic amines) is 2. The molecule has 2 aliphatic heterocycles. The van der Waals surface area contributed by atoms with Crippen LogP contribution in [0, 0.1) is 35.5 Å². The molecule has 0 bridgehead atoms. The van der Waals surface area contributed by atoms with Gasteiger partial charge in [-0.3, -0.25) is 37.4 Å². The molecule has 0 radical (unpaired) electrons. The molecule has 2 aromatic carbocycles. The Balaban J connectivity index is -0.000000220. The standard InChI is InChI=1S/2C30H46NO7P.CH4.Cs.Na.2H2O.7H2S/c2*1-4-28(33)37-30(22(2)3)38-39(36,18-12-11-15-23-13-7-5-8-14-23)21-27(32)31-20-25(19-26(31)29(34)35)24-16-9-6-10-17-24;;;;;;;;;;;;/h2*5,7-8,13-14,22,24-26,30H,4,6,9-12,15-21H2,1-3H3,(H,34,35);1H4;;;9*1H2/q;;;2*+1;;;;;;;;;/p-2/t2*25-,26+,30+,39-;;;;;;;;;;;;/m11............/s1. The molecular weight excluding hydrogens is 1460 g/mol. The maximum absolute atomic E-state index is 14.2. The van der Waals surface area contributed by atoms with Crippen LogP contribution in [-0.2, 0) is 69.3 Å². The van der Waals surface area contributed by atoms with Crippen LogP contribution in [0.25, 0.3) is 0 Å². The van der Waals surface area contributed by atoms with Crippen molar-refractivity contribution in [2.45, 2.75) is 202 Å². The molecule has 90 heavy (non-hydrogen) atoms. The summed E-state index contributed by atoms with van der Waals surface area (Å²) < 4.78 is 51.3. The van der Waals surface area contributed by atoms with Crippen molar-refractivity contribution in [1.29, 1.82) is 0 Å². The third-order valence-electron chi connectivity index (χ3n) is 16.1. The Hall–Kier alpha value is 1.06. The first-order valence-electron chi connectivity index (χ1n) is 29.2. The van der Waals surface area contributed by atoms with E-state index in [1.165, 1.54) is 33.8 Å². The second-order valence-corrected chi connectivity index (χ2v) is 28.2. The molecular formula is C61H112CsN2NaO16P2S7. The maximum Gasteiger partial charge on any atom is 1.00 e. The van der Waals surface area contributed by atoms with Crippen LogP contribution in [0.1, 0.15) is 176 Å². The van der Waals surface area contributed by atoms with Crippen LogP contribution in [0.5, 0.6) is 0 Å². The fraction of sp³-hybridized carbons (Fsp3) is 0.705. The number of aryl methyl sites for hydroxylation is 2. The van der Waals surface area contributed by atoms with Gasteiger partial charge in [-0.25, -0.2) is 0 Å². The van der Waals surface area contributed by atoms with Crippen molar-refractivity contribution < 1.29 is 176 Å². The fourth-order valence-corrected chi connectivity index (χ4v) is 16.2. The molecule has 2 aromatic rings. The molecule has 2 saturated carbocycles. The van der Waals surface area contributed by atoms with Gasteiger partial charge in [-0.05, 0) is 86.2 Å². The number of amides is 2. The number of carboxylic acid groups (broad SMARTS) is 2. The van der Waals surface area contributed by atoms with Gasteiger partial charge in [0.05, 0.1) is 24.0 Å². The van der Waals surface area contributed by atoms with E-state index in [1.54, 1.807) is 41.5 Å². The van der Waals surface area contributed by atoms with E-state index in [0.717, 1.165) is 77.0 Å². The Labute approximate surface area is 669 Å². The molecule has 4 aliphatic rings. The van der Waals surface area contributed by atoms with Gasteiger partial charge in [0.15, 0.2) is 0 Å². The zero-order valence-corrected chi connectivity index (χ0v) is 71.0. The van der Waals surface area contributed by atoms with Crippen LogP contribution in [0.15, 0.2) is 60.7 Å². The van der Waals surface area contributed by atoms with E-state index in [-0.39, 0.29) is 260 Å². The molecule has 0 spiro atoms. The Morgan fingerprint density at radius 1 is 0.511 bits per heavy atom. The Bertz CT molecular complexity index is 2200. The van der Waals surface area contributed by atoms with Crippen LogP contribution < -0.4 is 109 Å². The number of rotatable bonds is 28. The first-order valence-corrected chi connectivity index (χ1v) is 33.2. The summed E-state index contributed by atoms with van der Waals surface area (Å²) in [5, 5.41) is 24.0. The van der Waals surface area contributed by atoms with E-state index in [2.05, 4.69) is 0 Å². The molecule has 2 amide bonds. The molecule has 0 aromatic heterocycles. The minimum atomic E-state index is -3.62. The van der Waals surface area contributed by atoms with Crippen LogP contribution in [0.2, 0.25) is 0 Å². The number of carbonyl (C=O) groups excluding carboxylic acids is 6. The van der Waals surface area contributed by atoms with Crippen molar-refractivity contribution in [3.05, 3.63) is 71.8 Å². The third kappa shape index (κ3) is 36.8. The number of hydrogen-bond acceptors (Lipinski definition) is 14. The molecule has 516 valence electrons. The average molecular weight is 1570 g/mol. The van der Waals surface area contributed by atoms with E-state index in [0.29, 0.717) is 50.6 Å². The number of aliphatic carboxylic acids is 2. The molecule has 29 heteroatoms. The number of esters is 2. The van der Waals surface area contributed by atoms with Crippen molar-refractivity contribution in [1.82, 2.24) is 9.80 Å². The van der Waals surface area contributed by atoms with E-state index in [1.807, 2.05) is 60.7 Å². The molecule has 2 saturated heterocycles. The summed E-state index contributed by atoms with van der Waals surface area (Å²) in [6.07, 6.45) is 13.8. The molecule has 4 fully saturated rings. The van der Waals surface area contributed by atoms with Gasteiger partial charge in [0, 0.05) is 50.1 Å². The largest absolute Gasteiger partial charge is 1.00 e. The van der Waals surface area contributed by atoms with Crippen molar-refractivity contribution in [2.24, 2.45) is 35.5 Å². The minimum Gasteiger partial charge on any atom is -0.548 e. The molecule has 0 unspecified atom stereocenters. The van der Waals surface area contributed by atoms with Crippen LogP contribution >= 0.6 is 109 Å². The maximum atomic E-state index is 14.2. The quantitative estimate of drug-likeness (QED) is 0.0388. The number of benzene rings is 2. The number of nitrogens with zero attached hydrogens (tertiary/aromatic N) is 2. The first kappa shape index (κ1) is 107. The summed E-state index contributed by atoms with van der Waals surface area (Å²) >= 11 is 0. The van der Waals surface area contributed by atoms with Crippen molar-refractivity contribution in [3.8, 4) is 0 Å². The van der Waals surface area contributed by atoms with Gasteiger partial charge >= 0.3 is 110 Å². The van der Waals surface area contributed by atoms with Gasteiger partial charge in [0.25, 0.3) is 0 Å². The Morgan fingerprint density at radius 2 is 0.811 bits per heavy atom. The molecule has 2 heterocycles. The molecule has 4 N–H and O–H groups in total. The van der Waals surface area contributed by atoms with E-state index < -0.39 is 87.4 Å². The van der Waals surface area contributed by atoms with Gasteiger partial charge in [0.1, 0.15) is 12.3 Å². The number of unbranched alkanes of at least 4 members (excludes halogenated alkanes) is 2. The summed E-state index contributed by atoms with van der Waals surface area (Å²) in [7, 11) is -7.23. The monoisotopic (exact) mass is 1570 g/mol. The summed E-state index contributed by atoms with van der Waals surface area (Å²) in [5.74, 6) is -3.97. The predicted octanol–water partition coefficient (Wildman–Crippen LogP) is 3.36. The van der Waals surface area contributed by atoms with Gasteiger partial charge in [0.2, 0.25) is 39.1 Å². The summed E-state index contributed by atoms with van der Waals surface area (Å²) in [5.41, 5.74) is 2.34. The van der Waals surface area contributed by atoms with E-state index >= 15 is 0 Å². The van der Waals surface area contributed by atoms with Gasteiger partial charge in [-0.2, -0.15) is 94.5 Å². The summed E-state index contributed by atoms with van der Waals surface area (Å²) in [6, 6.07) is 17.9. The van der Waals surface area contributed by atoms with Crippen molar-refractivity contribution in [2.75, 3.05) is 37.7 Å². The van der Waals surface area contributed by atoms with Crippen LogP contribution in [0.4, 0.5) is 0 Å². The van der Waals surface area contributed by atoms with Crippen LogP contribution in [0.3, 0.4) is 0 Å². The SMILES string of the molecule is C.CCC(=O)O[C@@H](O[P@](=O)(CCCCc1ccccc1)CC(=O)N1C[C@H](C2CCCCC2)C[C@H]1C(=O)[O-])C(C)C.CCC(=O)O[C@@H](O[P@](=O)(CCCCc1ccccc1)CC(=O)N1C[C@H](C2CCCCC2)C[C@H]1C(=O)[O-])C(C)C.O.O.S.S.S.S.S.S.S.[Cs+].[Na+]. The Kier molecular flexibility index (Phi) is 66.5. The molecule has 18 nitrogen and oxygen atoms in total. The zero-order chi connectivity index (χ0) is 56.8.